The number of likely N-dealkylation sites (tertiary alicyclic amines) is 1. The van der Waals surface area contributed by atoms with E-state index in [1.54, 1.807) is 24.3 Å². The molecule has 2 unspecified atom stereocenters. The third-order valence-corrected chi connectivity index (χ3v) is 8.04. The Morgan fingerprint density at radius 2 is 1.73 bits per heavy atom. The van der Waals surface area contributed by atoms with Crippen LogP contribution in [0.3, 0.4) is 0 Å². The number of hydrogen-bond donors (Lipinski definition) is 4. The highest BCUT2D eigenvalue weighted by Gasteiger charge is 2.50. The zero-order valence-corrected chi connectivity index (χ0v) is 23.7. The molecular formula is C29H40N4O8. The van der Waals surface area contributed by atoms with Gasteiger partial charge in [-0.25, -0.2) is 4.79 Å². The van der Waals surface area contributed by atoms with Crippen molar-refractivity contribution >= 4 is 41.4 Å². The number of nitrogens with one attached hydrogen (secondary N) is 3. The van der Waals surface area contributed by atoms with Crippen LogP contribution in [0.15, 0.2) is 24.3 Å². The maximum atomic E-state index is 12.9. The van der Waals surface area contributed by atoms with E-state index in [1.807, 2.05) is 13.8 Å². The molecule has 41 heavy (non-hydrogen) atoms. The summed E-state index contributed by atoms with van der Waals surface area (Å²) in [5.74, 6) is -1.54. The molecule has 1 saturated carbocycles. The van der Waals surface area contributed by atoms with Gasteiger partial charge in [-0.15, -0.1) is 0 Å². The van der Waals surface area contributed by atoms with Gasteiger partial charge in [-0.05, 0) is 55.7 Å². The molecule has 2 aliphatic rings. The topological polar surface area (TPSA) is 171 Å². The molecule has 1 saturated heterocycles. The summed E-state index contributed by atoms with van der Waals surface area (Å²) in [6.45, 7) is 4.36. The first-order valence-corrected chi connectivity index (χ1v) is 14.2. The van der Waals surface area contributed by atoms with Gasteiger partial charge < -0.3 is 25.8 Å². The SMILES string of the molecule is CCC(C)C1CC(=O)N(CCCCCNC(=O)C2(C(=O)NCC(=O)Nc3ccc(COC(=O)O)cc3)CCC2)C1=O. The highest BCUT2D eigenvalue weighted by Crippen LogP contribution is 2.41. The van der Waals surface area contributed by atoms with E-state index < -0.39 is 23.4 Å². The monoisotopic (exact) mass is 572 g/mol. The Hall–Kier alpha value is -3.96. The maximum absolute atomic E-state index is 12.9. The number of ether oxygens (including phenoxy) is 1. The molecule has 4 N–H and O–H groups in total. The number of carboxylic acid groups (broad SMARTS) is 1. The van der Waals surface area contributed by atoms with Gasteiger partial charge in [-0.1, -0.05) is 38.8 Å². The number of hydrogen-bond acceptors (Lipinski definition) is 7. The molecule has 1 aliphatic carbocycles. The van der Waals surface area contributed by atoms with E-state index in [0.29, 0.717) is 50.0 Å². The lowest BCUT2D eigenvalue weighted by atomic mass is 9.67. The van der Waals surface area contributed by atoms with Crippen LogP contribution in [-0.4, -0.2) is 65.3 Å². The summed E-state index contributed by atoms with van der Waals surface area (Å²) in [5.41, 5.74) is -0.109. The van der Waals surface area contributed by atoms with Crippen LogP contribution in [0.2, 0.25) is 0 Å². The molecule has 1 heterocycles. The number of benzene rings is 1. The van der Waals surface area contributed by atoms with E-state index in [4.69, 9.17) is 5.11 Å². The molecule has 0 spiro atoms. The zero-order valence-electron chi connectivity index (χ0n) is 23.7. The van der Waals surface area contributed by atoms with Crippen molar-refractivity contribution in [2.24, 2.45) is 17.3 Å². The third-order valence-electron chi connectivity index (χ3n) is 8.04. The Balaban J connectivity index is 1.35. The number of amides is 5. The van der Waals surface area contributed by atoms with Crippen LogP contribution in [0.4, 0.5) is 10.5 Å². The van der Waals surface area contributed by atoms with E-state index in [2.05, 4.69) is 20.7 Å². The summed E-state index contributed by atoms with van der Waals surface area (Å²) < 4.78 is 4.49. The van der Waals surface area contributed by atoms with Crippen molar-refractivity contribution in [2.75, 3.05) is 25.0 Å². The molecule has 1 aromatic carbocycles. The number of carbonyl (C=O) groups is 6. The summed E-state index contributed by atoms with van der Waals surface area (Å²) in [6, 6.07) is 6.40. The first kappa shape index (κ1) is 31.6. The Morgan fingerprint density at radius 1 is 1.05 bits per heavy atom. The van der Waals surface area contributed by atoms with Crippen LogP contribution in [0.25, 0.3) is 0 Å². The summed E-state index contributed by atoms with van der Waals surface area (Å²) in [7, 11) is 0. The Bertz CT molecular complexity index is 1130. The number of imide groups is 1. The van der Waals surface area contributed by atoms with E-state index in [0.717, 1.165) is 19.3 Å². The van der Waals surface area contributed by atoms with Crippen LogP contribution in [0.1, 0.15) is 70.8 Å². The van der Waals surface area contributed by atoms with Crippen LogP contribution < -0.4 is 16.0 Å². The van der Waals surface area contributed by atoms with Crippen molar-refractivity contribution in [3.63, 3.8) is 0 Å². The molecule has 5 amide bonds. The minimum absolute atomic E-state index is 0.0785. The smallest absolute Gasteiger partial charge is 0.450 e. The van der Waals surface area contributed by atoms with Crippen molar-refractivity contribution in [3.8, 4) is 0 Å². The molecule has 1 aliphatic heterocycles. The van der Waals surface area contributed by atoms with Crippen LogP contribution in [0.5, 0.6) is 0 Å². The second-order valence-corrected chi connectivity index (χ2v) is 10.8. The first-order valence-electron chi connectivity index (χ1n) is 14.2. The van der Waals surface area contributed by atoms with Crippen molar-refractivity contribution in [1.82, 2.24) is 15.5 Å². The minimum atomic E-state index is -1.38. The molecule has 12 heteroatoms. The molecule has 1 aromatic rings. The molecule has 2 fully saturated rings. The number of rotatable bonds is 15. The maximum Gasteiger partial charge on any atom is 0.506 e. The fourth-order valence-corrected chi connectivity index (χ4v) is 5.07. The van der Waals surface area contributed by atoms with E-state index in [-0.39, 0.29) is 49.1 Å². The molecule has 3 rings (SSSR count). The normalized spacial score (nSPS) is 18.3. The average molecular weight is 573 g/mol. The number of anilines is 1. The molecular weight excluding hydrogens is 532 g/mol. The van der Waals surface area contributed by atoms with Crippen molar-refractivity contribution < 1.29 is 38.6 Å². The number of unbranched alkanes of at least 4 members (excludes halogenated alkanes) is 2. The lowest BCUT2D eigenvalue weighted by molar-refractivity contribution is -0.150. The summed E-state index contributed by atoms with van der Waals surface area (Å²) in [5, 5.41) is 16.6. The van der Waals surface area contributed by atoms with Gasteiger partial charge in [0, 0.05) is 31.1 Å². The second kappa shape index (κ2) is 14.6. The van der Waals surface area contributed by atoms with E-state index in [9.17, 15) is 28.8 Å². The van der Waals surface area contributed by atoms with Crippen molar-refractivity contribution in [3.05, 3.63) is 29.8 Å². The molecule has 2 atom stereocenters. The third kappa shape index (κ3) is 8.27. The Kier molecular flexibility index (Phi) is 11.2. The summed E-state index contributed by atoms with van der Waals surface area (Å²) in [6.07, 6.45) is 3.33. The summed E-state index contributed by atoms with van der Waals surface area (Å²) in [4.78, 5) is 74.7. The standard InChI is InChI=1S/C29H40N4O8/c1-3-19(2)22-16-24(35)33(25(22)36)15-6-4-5-14-30-26(37)29(12-7-13-29)27(38)31-17-23(34)32-21-10-8-20(9-11-21)18-41-28(39)40/h8-11,19,22H,3-7,12-18H2,1-2H3,(H,30,37)(H,31,38)(H,32,34)(H,39,40). The van der Waals surface area contributed by atoms with Gasteiger partial charge in [-0.3, -0.25) is 28.9 Å². The highest BCUT2D eigenvalue weighted by molar-refractivity contribution is 6.07. The van der Waals surface area contributed by atoms with Gasteiger partial charge in [0.25, 0.3) is 0 Å². The summed E-state index contributed by atoms with van der Waals surface area (Å²) >= 11 is 0. The van der Waals surface area contributed by atoms with Crippen LogP contribution in [-0.2, 0) is 35.3 Å². The first-order chi connectivity index (χ1) is 19.6. The Morgan fingerprint density at radius 3 is 2.34 bits per heavy atom. The Labute approximate surface area is 239 Å². The van der Waals surface area contributed by atoms with Crippen molar-refractivity contribution in [2.45, 2.75) is 71.8 Å². The second-order valence-electron chi connectivity index (χ2n) is 10.8. The number of carbonyl (C=O) groups excluding carboxylic acids is 5. The molecule has 0 radical (unpaired) electrons. The van der Waals surface area contributed by atoms with Gasteiger partial charge in [-0.2, -0.15) is 0 Å². The van der Waals surface area contributed by atoms with Crippen LogP contribution in [0, 0.1) is 17.3 Å². The quantitative estimate of drug-likeness (QED) is 0.108. The molecule has 0 bridgehead atoms. The predicted octanol–water partition coefficient (Wildman–Crippen LogP) is 2.81. The van der Waals surface area contributed by atoms with E-state index >= 15 is 0 Å². The van der Waals surface area contributed by atoms with E-state index in [1.165, 1.54) is 4.90 Å². The van der Waals surface area contributed by atoms with Gasteiger partial charge in [0.2, 0.25) is 29.5 Å². The van der Waals surface area contributed by atoms with Gasteiger partial charge in [0.05, 0.1) is 6.54 Å². The van der Waals surface area contributed by atoms with Gasteiger partial charge in [0.1, 0.15) is 12.0 Å². The van der Waals surface area contributed by atoms with Gasteiger partial charge in [0.15, 0.2) is 0 Å². The largest absolute Gasteiger partial charge is 0.506 e. The fourth-order valence-electron chi connectivity index (χ4n) is 5.07. The minimum Gasteiger partial charge on any atom is -0.450 e. The average Bonchev–Trinajstić information content (AvgIpc) is 3.20. The van der Waals surface area contributed by atoms with Gasteiger partial charge >= 0.3 is 6.16 Å². The lowest BCUT2D eigenvalue weighted by Gasteiger charge is -2.38. The van der Waals surface area contributed by atoms with Crippen molar-refractivity contribution in [1.29, 1.82) is 0 Å². The van der Waals surface area contributed by atoms with Crippen LogP contribution >= 0.6 is 0 Å². The lowest BCUT2D eigenvalue weighted by Crippen LogP contribution is -2.56. The molecule has 224 valence electrons. The number of nitrogens with zero attached hydrogens (tertiary/aromatic N) is 1. The fraction of sp³-hybridized carbons (Fsp3) is 0.586. The highest BCUT2D eigenvalue weighted by atomic mass is 16.7. The predicted molar refractivity (Wildman–Crippen MR) is 148 cm³/mol. The molecule has 0 aromatic heterocycles. The zero-order chi connectivity index (χ0) is 30.0. The molecule has 12 nitrogen and oxygen atoms in total.